The number of aryl methyl sites for hydroxylation is 2. The Labute approximate surface area is 130 Å². The summed E-state index contributed by atoms with van der Waals surface area (Å²) in [6, 6.07) is 14.9. The average Bonchev–Trinajstić information content (AvgIpc) is 2.52. The van der Waals surface area contributed by atoms with Crippen LogP contribution in [0.4, 0.5) is 11.4 Å². The quantitative estimate of drug-likeness (QED) is 0.884. The van der Waals surface area contributed by atoms with Gasteiger partial charge in [-0.1, -0.05) is 36.4 Å². The zero-order valence-corrected chi connectivity index (χ0v) is 13.1. The second-order valence-corrected chi connectivity index (χ2v) is 5.11. The van der Waals surface area contributed by atoms with Crippen LogP contribution in [0.3, 0.4) is 0 Å². The van der Waals surface area contributed by atoms with Crippen molar-refractivity contribution < 1.29 is 9.59 Å². The summed E-state index contributed by atoms with van der Waals surface area (Å²) in [7, 11) is 0. The molecule has 0 aliphatic rings. The van der Waals surface area contributed by atoms with Gasteiger partial charge in [-0.05, 0) is 44.0 Å². The van der Waals surface area contributed by atoms with Gasteiger partial charge < -0.3 is 10.2 Å². The highest BCUT2D eigenvalue weighted by Gasteiger charge is 2.22. The molecule has 4 nitrogen and oxygen atoms in total. The smallest absolute Gasteiger partial charge is 0.316 e. The largest absolute Gasteiger partial charge is 0.317 e. The fourth-order valence-corrected chi connectivity index (χ4v) is 2.35. The van der Waals surface area contributed by atoms with Gasteiger partial charge in [0, 0.05) is 17.9 Å². The Balaban J connectivity index is 2.20. The molecular formula is C18H20N2O2. The fourth-order valence-electron chi connectivity index (χ4n) is 2.35. The third kappa shape index (κ3) is 3.34. The summed E-state index contributed by atoms with van der Waals surface area (Å²) in [6.45, 7) is 6.09. The molecule has 0 heterocycles. The van der Waals surface area contributed by atoms with Crippen molar-refractivity contribution in [1.82, 2.24) is 0 Å². The number of anilines is 2. The maximum atomic E-state index is 12.4. The van der Waals surface area contributed by atoms with Crippen molar-refractivity contribution in [3.05, 3.63) is 59.7 Å². The van der Waals surface area contributed by atoms with Gasteiger partial charge in [0.05, 0.1) is 0 Å². The van der Waals surface area contributed by atoms with Crippen molar-refractivity contribution >= 4 is 23.2 Å². The van der Waals surface area contributed by atoms with Gasteiger partial charge in [-0.2, -0.15) is 0 Å². The monoisotopic (exact) mass is 296 g/mol. The minimum Gasteiger partial charge on any atom is -0.317 e. The van der Waals surface area contributed by atoms with Crippen LogP contribution in [0, 0.1) is 13.8 Å². The number of carbonyl (C=O) groups is 2. The number of hydrogen-bond donors (Lipinski definition) is 1. The second-order valence-electron chi connectivity index (χ2n) is 5.11. The molecule has 2 rings (SSSR count). The topological polar surface area (TPSA) is 49.4 Å². The Bertz CT molecular complexity index is 660. The van der Waals surface area contributed by atoms with E-state index in [2.05, 4.69) is 5.32 Å². The number of benzene rings is 2. The minimum absolute atomic E-state index is 0.434. The van der Waals surface area contributed by atoms with E-state index in [0.29, 0.717) is 17.9 Å². The van der Waals surface area contributed by atoms with Crippen molar-refractivity contribution in [2.45, 2.75) is 20.8 Å². The third-order valence-electron chi connectivity index (χ3n) is 3.54. The van der Waals surface area contributed by atoms with E-state index < -0.39 is 11.8 Å². The highest BCUT2D eigenvalue weighted by molar-refractivity contribution is 6.44. The van der Waals surface area contributed by atoms with Crippen molar-refractivity contribution in [3.63, 3.8) is 0 Å². The number of rotatable bonds is 3. The van der Waals surface area contributed by atoms with Crippen LogP contribution in [-0.2, 0) is 9.59 Å². The molecule has 0 aliphatic heterocycles. The first-order valence-corrected chi connectivity index (χ1v) is 7.28. The molecule has 0 aromatic heterocycles. The van der Waals surface area contributed by atoms with E-state index >= 15 is 0 Å². The van der Waals surface area contributed by atoms with Crippen molar-refractivity contribution in [2.24, 2.45) is 0 Å². The Morgan fingerprint density at radius 3 is 2.09 bits per heavy atom. The Morgan fingerprint density at radius 1 is 0.955 bits per heavy atom. The first-order chi connectivity index (χ1) is 10.5. The molecule has 1 N–H and O–H groups in total. The van der Waals surface area contributed by atoms with Crippen LogP contribution in [0.1, 0.15) is 18.1 Å². The SMILES string of the molecule is CCN(C(=O)C(=O)Nc1c(C)cccc1C)c1ccccc1. The van der Waals surface area contributed by atoms with Crippen molar-refractivity contribution in [3.8, 4) is 0 Å². The molecule has 4 heteroatoms. The number of hydrogen-bond acceptors (Lipinski definition) is 2. The fraction of sp³-hybridized carbons (Fsp3) is 0.222. The summed E-state index contributed by atoms with van der Waals surface area (Å²) >= 11 is 0. The maximum absolute atomic E-state index is 12.4. The number of carbonyl (C=O) groups excluding carboxylic acids is 2. The summed E-state index contributed by atoms with van der Waals surface area (Å²) in [4.78, 5) is 26.2. The van der Waals surface area contributed by atoms with E-state index in [1.807, 2.05) is 69.3 Å². The molecule has 2 aromatic carbocycles. The number of nitrogens with one attached hydrogen (secondary N) is 1. The molecule has 2 aromatic rings. The molecule has 0 saturated heterocycles. The molecule has 0 spiro atoms. The van der Waals surface area contributed by atoms with E-state index in [4.69, 9.17) is 0 Å². The van der Waals surface area contributed by atoms with Gasteiger partial charge in [-0.15, -0.1) is 0 Å². The Kier molecular flexibility index (Phi) is 4.94. The van der Waals surface area contributed by atoms with Gasteiger partial charge in [0.25, 0.3) is 0 Å². The van der Waals surface area contributed by atoms with Crippen LogP contribution < -0.4 is 10.2 Å². The summed E-state index contributed by atoms with van der Waals surface area (Å²) in [5, 5.41) is 2.73. The van der Waals surface area contributed by atoms with Crippen LogP contribution >= 0.6 is 0 Å². The number of para-hydroxylation sites is 2. The summed E-state index contributed by atoms with van der Waals surface area (Å²) in [5.41, 5.74) is 3.28. The molecule has 0 radical (unpaired) electrons. The van der Waals surface area contributed by atoms with Gasteiger partial charge in [0.2, 0.25) is 0 Å². The van der Waals surface area contributed by atoms with Gasteiger partial charge in [-0.3, -0.25) is 9.59 Å². The lowest BCUT2D eigenvalue weighted by atomic mass is 10.1. The van der Waals surface area contributed by atoms with E-state index in [1.54, 1.807) is 0 Å². The van der Waals surface area contributed by atoms with E-state index in [0.717, 1.165) is 11.1 Å². The van der Waals surface area contributed by atoms with Crippen LogP contribution in [0.2, 0.25) is 0 Å². The first kappa shape index (κ1) is 15.8. The normalized spacial score (nSPS) is 10.1. The van der Waals surface area contributed by atoms with E-state index in [1.165, 1.54) is 4.90 Å². The zero-order chi connectivity index (χ0) is 16.1. The van der Waals surface area contributed by atoms with Gasteiger partial charge in [0.1, 0.15) is 0 Å². The lowest BCUT2D eigenvalue weighted by molar-refractivity contribution is -0.134. The van der Waals surface area contributed by atoms with Gasteiger partial charge in [-0.25, -0.2) is 0 Å². The molecule has 0 saturated carbocycles. The molecule has 22 heavy (non-hydrogen) atoms. The second kappa shape index (κ2) is 6.89. The zero-order valence-electron chi connectivity index (χ0n) is 13.1. The number of likely N-dealkylation sites (N-methyl/N-ethyl adjacent to an activating group) is 1. The summed E-state index contributed by atoms with van der Waals surface area (Å²) < 4.78 is 0. The number of amides is 2. The lowest BCUT2D eigenvalue weighted by Gasteiger charge is -2.21. The van der Waals surface area contributed by atoms with E-state index in [9.17, 15) is 9.59 Å². The molecule has 0 unspecified atom stereocenters. The first-order valence-electron chi connectivity index (χ1n) is 7.28. The molecular weight excluding hydrogens is 276 g/mol. The molecule has 114 valence electrons. The van der Waals surface area contributed by atoms with Crippen LogP contribution in [-0.4, -0.2) is 18.4 Å². The molecule has 2 amide bonds. The van der Waals surface area contributed by atoms with Crippen molar-refractivity contribution in [2.75, 3.05) is 16.8 Å². The minimum atomic E-state index is -0.622. The highest BCUT2D eigenvalue weighted by Crippen LogP contribution is 2.20. The van der Waals surface area contributed by atoms with Crippen LogP contribution in [0.5, 0.6) is 0 Å². The van der Waals surface area contributed by atoms with Crippen LogP contribution in [0.25, 0.3) is 0 Å². The predicted octanol–water partition coefficient (Wildman–Crippen LogP) is 3.30. The highest BCUT2D eigenvalue weighted by atomic mass is 16.2. The van der Waals surface area contributed by atoms with Crippen LogP contribution in [0.15, 0.2) is 48.5 Å². The maximum Gasteiger partial charge on any atom is 0.316 e. The van der Waals surface area contributed by atoms with Gasteiger partial charge >= 0.3 is 11.8 Å². The molecule has 0 atom stereocenters. The molecule has 0 aliphatic carbocycles. The average molecular weight is 296 g/mol. The predicted molar refractivity (Wildman–Crippen MR) is 89.0 cm³/mol. The molecule has 0 fully saturated rings. The lowest BCUT2D eigenvalue weighted by Crippen LogP contribution is -2.40. The summed E-state index contributed by atoms with van der Waals surface area (Å²) in [6.07, 6.45) is 0. The number of nitrogens with zero attached hydrogens (tertiary/aromatic N) is 1. The summed E-state index contributed by atoms with van der Waals surface area (Å²) in [5.74, 6) is -1.18. The molecule has 0 bridgehead atoms. The standard InChI is InChI=1S/C18H20N2O2/c1-4-20(15-11-6-5-7-12-15)18(22)17(21)19-16-13(2)9-8-10-14(16)3/h5-12H,4H2,1-3H3,(H,19,21). The van der Waals surface area contributed by atoms with E-state index in [-0.39, 0.29) is 0 Å². The third-order valence-corrected chi connectivity index (χ3v) is 3.54. The Hall–Kier alpha value is -2.62. The van der Waals surface area contributed by atoms with Crippen molar-refractivity contribution in [1.29, 1.82) is 0 Å². The van der Waals surface area contributed by atoms with Gasteiger partial charge in [0.15, 0.2) is 0 Å². The Morgan fingerprint density at radius 2 is 1.55 bits per heavy atom.